The third-order valence-electron chi connectivity index (χ3n) is 3.15. The van der Waals surface area contributed by atoms with Crippen LogP contribution >= 0.6 is 35.3 Å². The number of hydrogen-bond acceptors (Lipinski definition) is 6. The number of nitrogens with zero attached hydrogens (tertiary/aromatic N) is 1. The second kappa shape index (κ2) is 6.89. The van der Waals surface area contributed by atoms with E-state index in [-0.39, 0.29) is 17.1 Å². The minimum Gasteiger partial charge on any atom is -0.345 e. The maximum Gasteiger partial charge on any atom is 0.231 e. The molecule has 1 aromatic rings. The van der Waals surface area contributed by atoms with Crippen molar-refractivity contribution in [2.75, 3.05) is 11.5 Å². The van der Waals surface area contributed by atoms with Crippen molar-refractivity contribution >= 4 is 56.4 Å². The average molecular weight is 338 g/mol. The van der Waals surface area contributed by atoms with E-state index in [1.54, 1.807) is 11.8 Å². The van der Waals surface area contributed by atoms with Crippen LogP contribution in [0.5, 0.6) is 0 Å². The summed E-state index contributed by atoms with van der Waals surface area (Å²) in [6, 6.07) is 7.74. The van der Waals surface area contributed by atoms with Crippen LogP contribution in [0, 0.1) is 0 Å². The largest absolute Gasteiger partial charge is 0.345 e. The number of thioether (sulfide) groups is 3. The molecule has 0 aromatic heterocycles. The highest BCUT2D eigenvalue weighted by Gasteiger charge is 2.26. The van der Waals surface area contributed by atoms with Crippen LogP contribution in [-0.2, 0) is 15.3 Å². The Morgan fingerprint density at radius 3 is 3.05 bits per heavy atom. The molecule has 2 aliphatic rings. The first-order chi connectivity index (χ1) is 10.2. The molecule has 1 N–H and O–H groups in total. The number of fused-ring (bicyclic) bond motifs is 1. The van der Waals surface area contributed by atoms with Gasteiger partial charge < -0.3 is 5.32 Å². The lowest BCUT2D eigenvalue weighted by atomic mass is 10.2. The van der Waals surface area contributed by atoms with Crippen molar-refractivity contribution in [1.82, 2.24) is 5.32 Å². The normalized spacial score (nSPS) is 20.9. The SMILES string of the molecule is O=C(CSC1=Nc2ccccc2CS1)NC1CCSC1=O. The Labute approximate surface area is 135 Å². The van der Waals surface area contributed by atoms with E-state index >= 15 is 0 Å². The monoisotopic (exact) mass is 338 g/mol. The number of amides is 1. The highest BCUT2D eigenvalue weighted by atomic mass is 32.2. The number of carbonyl (C=O) groups is 2. The summed E-state index contributed by atoms with van der Waals surface area (Å²) in [5.74, 6) is 1.91. The molecule has 1 fully saturated rings. The predicted octanol–water partition coefficient (Wildman–Crippen LogP) is 2.80. The van der Waals surface area contributed by atoms with E-state index in [9.17, 15) is 9.59 Å². The Balaban J connectivity index is 1.53. The smallest absolute Gasteiger partial charge is 0.231 e. The van der Waals surface area contributed by atoms with E-state index in [1.165, 1.54) is 29.1 Å². The molecule has 7 heteroatoms. The molecule has 0 radical (unpaired) electrons. The van der Waals surface area contributed by atoms with E-state index in [0.29, 0.717) is 5.75 Å². The van der Waals surface area contributed by atoms with Crippen molar-refractivity contribution < 1.29 is 9.59 Å². The number of aliphatic imine (C=N–C) groups is 1. The van der Waals surface area contributed by atoms with Crippen molar-refractivity contribution in [3.63, 3.8) is 0 Å². The van der Waals surface area contributed by atoms with Crippen molar-refractivity contribution in [1.29, 1.82) is 0 Å². The molecule has 0 bridgehead atoms. The summed E-state index contributed by atoms with van der Waals surface area (Å²) in [7, 11) is 0. The van der Waals surface area contributed by atoms with E-state index < -0.39 is 0 Å². The van der Waals surface area contributed by atoms with Crippen molar-refractivity contribution in [2.45, 2.75) is 18.2 Å². The van der Waals surface area contributed by atoms with Crippen molar-refractivity contribution in [3.05, 3.63) is 29.8 Å². The number of para-hydroxylation sites is 1. The number of benzene rings is 1. The highest BCUT2D eigenvalue weighted by molar-refractivity contribution is 8.38. The van der Waals surface area contributed by atoms with Gasteiger partial charge >= 0.3 is 0 Å². The molecule has 3 rings (SSSR count). The lowest BCUT2D eigenvalue weighted by molar-refractivity contribution is -0.122. The molecule has 4 nitrogen and oxygen atoms in total. The van der Waals surface area contributed by atoms with Crippen molar-refractivity contribution in [3.8, 4) is 0 Å². The molecule has 1 aromatic carbocycles. The van der Waals surface area contributed by atoms with Crippen LogP contribution in [0.15, 0.2) is 29.3 Å². The van der Waals surface area contributed by atoms with Gasteiger partial charge in [0.25, 0.3) is 0 Å². The first-order valence-electron chi connectivity index (χ1n) is 6.60. The zero-order valence-electron chi connectivity index (χ0n) is 11.2. The minimum absolute atomic E-state index is 0.0756. The molecular weight excluding hydrogens is 324 g/mol. The summed E-state index contributed by atoms with van der Waals surface area (Å²) in [5.41, 5.74) is 2.21. The Morgan fingerprint density at radius 2 is 2.24 bits per heavy atom. The Hall–Kier alpha value is -0.920. The molecule has 2 aliphatic heterocycles. The predicted molar refractivity (Wildman–Crippen MR) is 91.3 cm³/mol. The second-order valence-corrected chi connectivity index (χ2v) is 7.95. The number of rotatable bonds is 3. The Morgan fingerprint density at radius 1 is 1.38 bits per heavy atom. The fourth-order valence-corrected chi connectivity index (χ4v) is 4.88. The molecule has 1 atom stereocenters. The molecule has 1 amide bonds. The van der Waals surface area contributed by atoms with Gasteiger partial charge in [0.15, 0.2) is 0 Å². The maximum absolute atomic E-state index is 11.9. The lowest BCUT2D eigenvalue weighted by Gasteiger charge is -2.14. The van der Waals surface area contributed by atoms with Gasteiger partial charge in [-0.1, -0.05) is 53.5 Å². The van der Waals surface area contributed by atoms with Gasteiger partial charge in [0.1, 0.15) is 4.38 Å². The van der Waals surface area contributed by atoms with Crippen LogP contribution < -0.4 is 5.32 Å². The van der Waals surface area contributed by atoms with E-state index in [0.717, 1.165) is 28.0 Å². The summed E-state index contributed by atoms with van der Waals surface area (Å²) < 4.78 is 0.913. The van der Waals surface area contributed by atoms with Gasteiger partial charge in [0.2, 0.25) is 11.0 Å². The summed E-state index contributed by atoms with van der Waals surface area (Å²) in [6.07, 6.45) is 0.739. The maximum atomic E-state index is 11.9. The third-order valence-corrected chi connectivity index (χ3v) is 6.41. The molecule has 0 aliphatic carbocycles. The third kappa shape index (κ3) is 3.84. The summed E-state index contributed by atoms with van der Waals surface area (Å²) in [4.78, 5) is 27.9. The van der Waals surface area contributed by atoms with E-state index in [2.05, 4.69) is 16.4 Å². The van der Waals surface area contributed by atoms with Gasteiger partial charge in [-0.15, -0.1) is 0 Å². The van der Waals surface area contributed by atoms with Gasteiger partial charge in [-0.05, 0) is 18.1 Å². The van der Waals surface area contributed by atoms with Crippen molar-refractivity contribution in [2.24, 2.45) is 4.99 Å². The molecule has 0 spiro atoms. The zero-order chi connectivity index (χ0) is 14.7. The number of nitrogens with one attached hydrogen (secondary N) is 1. The van der Waals surface area contributed by atoms with Gasteiger partial charge in [-0.3, -0.25) is 9.59 Å². The first kappa shape index (κ1) is 15.0. The van der Waals surface area contributed by atoms with Gasteiger partial charge in [-0.2, -0.15) is 0 Å². The minimum atomic E-state index is -0.301. The summed E-state index contributed by atoms with van der Waals surface area (Å²) in [6.45, 7) is 0. The number of carbonyl (C=O) groups excluding carboxylic acids is 2. The average Bonchev–Trinajstić information content (AvgIpc) is 2.90. The van der Waals surface area contributed by atoms with Crippen LogP contribution in [0.1, 0.15) is 12.0 Å². The molecule has 21 heavy (non-hydrogen) atoms. The van der Waals surface area contributed by atoms with Crippen LogP contribution in [0.25, 0.3) is 0 Å². The second-order valence-electron chi connectivity index (χ2n) is 4.66. The van der Waals surface area contributed by atoms with Gasteiger partial charge in [-0.25, -0.2) is 4.99 Å². The Bertz CT molecular complexity index is 604. The highest BCUT2D eigenvalue weighted by Crippen LogP contribution is 2.34. The summed E-state index contributed by atoms with van der Waals surface area (Å²) in [5, 5.41) is 2.87. The van der Waals surface area contributed by atoms with Gasteiger partial charge in [0.05, 0.1) is 17.5 Å². The molecule has 1 unspecified atom stereocenters. The van der Waals surface area contributed by atoms with Crippen LogP contribution in [0.4, 0.5) is 5.69 Å². The zero-order valence-corrected chi connectivity index (χ0v) is 13.7. The molecule has 110 valence electrons. The Kier molecular flexibility index (Phi) is 4.92. The molecule has 0 saturated carbocycles. The molecule has 1 saturated heterocycles. The van der Waals surface area contributed by atoms with E-state index in [4.69, 9.17) is 0 Å². The standard InChI is InChI=1S/C14H14N2O2S3/c17-12(15-11-5-6-19-13(11)18)8-21-14-16-10-4-2-1-3-9(10)7-20-14/h1-4,11H,5-8H2,(H,15,17). The van der Waals surface area contributed by atoms with Crippen LogP contribution in [-0.4, -0.2) is 32.9 Å². The van der Waals surface area contributed by atoms with E-state index in [1.807, 2.05) is 18.2 Å². The first-order valence-corrected chi connectivity index (χ1v) is 9.56. The summed E-state index contributed by atoms with van der Waals surface area (Å²) >= 11 is 4.39. The number of hydrogen-bond donors (Lipinski definition) is 1. The quantitative estimate of drug-likeness (QED) is 0.918. The van der Waals surface area contributed by atoms with Crippen LogP contribution in [0.3, 0.4) is 0 Å². The molecular formula is C14H14N2O2S3. The lowest BCUT2D eigenvalue weighted by Crippen LogP contribution is -2.38. The topological polar surface area (TPSA) is 58.5 Å². The fourth-order valence-electron chi connectivity index (χ4n) is 2.08. The van der Waals surface area contributed by atoms with Crippen LogP contribution in [0.2, 0.25) is 0 Å². The molecule has 2 heterocycles. The fraction of sp³-hybridized carbons (Fsp3) is 0.357. The van der Waals surface area contributed by atoms with Gasteiger partial charge in [0, 0.05) is 11.5 Å².